The molecule has 0 bridgehead atoms. The lowest BCUT2D eigenvalue weighted by Crippen LogP contribution is -2.28. The van der Waals surface area contributed by atoms with E-state index in [1.165, 1.54) is 0 Å². The second-order valence-corrected chi connectivity index (χ2v) is 7.25. The predicted molar refractivity (Wildman–Crippen MR) is 96.3 cm³/mol. The van der Waals surface area contributed by atoms with E-state index in [-0.39, 0.29) is 5.91 Å². The van der Waals surface area contributed by atoms with Gasteiger partial charge in [-0.1, -0.05) is 45.8 Å². The molecule has 0 radical (unpaired) electrons. The number of benzene rings is 2. The molecule has 0 aliphatic carbocycles. The van der Waals surface area contributed by atoms with Gasteiger partial charge >= 0.3 is 0 Å². The molecule has 6 heteroatoms. The number of halogens is 3. The Kier molecular flexibility index (Phi) is 5.60. The molecular weight excluding hydrogens is 464 g/mol. The highest BCUT2D eigenvalue weighted by Gasteiger charge is 2.18. The Labute approximate surface area is 148 Å². The van der Waals surface area contributed by atoms with E-state index in [0.29, 0.717) is 5.69 Å². The van der Waals surface area contributed by atoms with Crippen LogP contribution in [0.4, 0.5) is 5.69 Å². The zero-order valence-corrected chi connectivity index (χ0v) is 15.9. The lowest BCUT2D eigenvalue weighted by atomic mass is 10.1. The quantitative estimate of drug-likeness (QED) is 0.660. The van der Waals surface area contributed by atoms with E-state index in [9.17, 15) is 4.79 Å². The van der Waals surface area contributed by atoms with Crippen molar-refractivity contribution < 1.29 is 4.79 Å². The third kappa shape index (κ3) is 4.16. The minimum absolute atomic E-state index is 0.262. The molecule has 1 unspecified atom stereocenters. The largest absolute Gasteiger partial charge is 0.322 e. The Bertz CT molecular complexity index is 648. The number of aryl methyl sites for hydroxylation is 1. The summed E-state index contributed by atoms with van der Waals surface area (Å²) in [6.45, 7) is 1.99. The lowest BCUT2D eigenvalue weighted by molar-refractivity contribution is -0.117. The van der Waals surface area contributed by atoms with Crippen LogP contribution >= 0.6 is 47.8 Å². The molecule has 110 valence electrons. The Morgan fingerprint density at radius 1 is 1.10 bits per heavy atom. The molecule has 1 amide bonds. The SMILES string of the molecule is Cc1ccc(C(N)C(=O)Nc2c(Br)cc(Br)cc2Br)cc1. The number of carbonyl (C=O) groups is 1. The molecule has 0 aromatic heterocycles. The second-order valence-electron chi connectivity index (χ2n) is 4.62. The average molecular weight is 477 g/mol. The van der Waals surface area contributed by atoms with Gasteiger partial charge in [-0.05, 0) is 56.5 Å². The van der Waals surface area contributed by atoms with E-state index in [1.54, 1.807) is 0 Å². The maximum atomic E-state index is 12.3. The van der Waals surface area contributed by atoms with Crippen LogP contribution in [0.1, 0.15) is 17.2 Å². The van der Waals surface area contributed by atoms with Crippen molar-refractivity contribution in [2.75, 3.05) is 5.32 Å². The van der Waals surface area contributed by atoms with Crippen molar-refractivity contribution in [2.45, 2.75) is 13.0 Å². The molecule has 1 atom stereocenters. The monoisotopic (exact) mass is 474 g/mol. The summed E-state index contributed by atoms with van der Waals surface area (Å²) in [7, 11) is 0. The molecule has 0 saturated carbocycles. The molecule has 21 heavy (non-hydrogen) atoms. The summed E-state index contributed by atoms with van der Waals surface area (Å²) >= 11 is 10.2. The fourth-order valence-electron chi connectivity index (χ4n) is 1.79. The van der Waals surface area contributed by atoms with Crippen LogP contribution < -0.4 is 11.1 Å². The fraction of sp³-hybridized carbons (Fsp3) is 0.133. The van der Waals surface area contributed by atoms with Crippen LogP contribution in [-0.4, -0.2) is 5.91 Å². The van der Waals surface area contributed by atoms with Crippen molar-refractivity contribution in [3.05, 3.63) is 60.9 Å². The summed E-state index contributed by atoms with van der Waals surface area (Å²) in [5.74, 6) is -0.262. The standard InChI is InChI=1S/C15H13Br3N2O/c1-8-2-4-9(5-3-8)13(19)15(21)20-14-11(17)6-10(16)7-12(14)18/h2-7,13H,19H2,1H3,(H,20,21). The first kappa shape index (κ1) is 16.7. The number of anilines is 1. The molecule has 0 fully saturated rings. The van der Waals surface area contributed by atoms with Gasteiger partial charge < -0.3 is 11.1 Å². The smallest absolute Gasteiger partial charge is 0.245 e. The summed E-state index contributed by atoms with van der Waals surface area (Å²) in [5, 5.41) is 2.84. The van der Waals surface area contributed by atoms with E-state index in [1.807, 2.05) is 43.3 Å². The molecule has 2 rings (SSSR count). The number of nitrogens with one attached hydrogen (secondary N) is 1. The Balaban J connectivity index is 2.20. The van der Waals surface area contributed by atoms with Crippen LogP contribution in [0.3, 0.4) is 0 Å². The van der Waals surface area contributed by atoms with Gasteiger partial charge in [0.05, 0.1) is 5.69 Å². The summed E-state index contributed by atoms with van der Waals surface area (Å²) < 4.78 is 2.45. The van der Waals surface area contributed by atoms with Gasteiger partial charge in [0, 0.05) is 13.4 Å². The Morgan fingerprint density at radius 2 is 1.62 bits per heavy atom. The van der Waals surface area contributed by atoms with E-state index >= 15 is 0 Å². The van der Waals surface area contributed by atoms with Gasteiger partial charge in [-0.25, -0.2) is 0 Å². The molecule has 3 nitrogen and oxygen atoms in total. The lowest BCUT2D eigenvalue weighted by Gasteiger charge is -2.15. The molecule has 0 saturated heterocycles. The van der Waals surface area contributed by atoms with Gasteiger partial charge in [-0.3, -0.25) is 4.79 Å². The summed E-state index contributed by atoms with van der Waals surface area (Å²) in [4.78, 5) is 12.3. The average Bonchev–Trinajstić information content (AvgIpc) is 2.42. The highest BCUT2D eigenvalue weighted by Crippen LogP contribution is 2.34. The maximum Gasteiger partial charge on any atom is 0.245 e. The van der Waals surface area contributed by atoms with Crippen LogP contribution in [0.2, 0.25) is 0 Å². The third-order valence-electron chi connectivity index (χ3n) is 2.97. The van der Waals surface area contributed by atoms with Crippen molar-refractivity contribution in [3.63, 3.8) is 0 Å². The van der Waals surface area contributed by atoms with Crippen LogP contribution in [-0.2, 0) is 4.79 Å². The van der Waals surface area contributed by atoms with Gasteiger partial charge in [-0.15, -0.1) is 0 Å². The Hall–Kier alpha value is -0.690. The van der Waals surface area contributed by atoms with Crippen molar-refractivity contribution in [1.82, 2.24) is 0 Å². The van der Waals surface area contributed by atoms with Gasteiger partial charge in [0.15, 0.2) is 0 Å². The molecule has 3 N–H and O–H groups in total. The zero-order chi connectivity index (χ0) is 15.6. The number of carbonyl (C=O) groups excluding carboxylic acids is 1. The first-order valence-electron chi connectivity index (χ1n) is 6.16. The molecule has 2 aromatic rings. The molecule has 2 aromatic carbocycles. The Morgan fingerprint density at radius 3 is 2.14 bits per heavy atom. The summed E-state index contributed by atoms with van der Waals surface area (Å²) in [6, 6.07) is 10.6. The van der Waals surface area contributed by atoms with Gasteiger partial charge in [0.2, 0.25) is 5.91 Å². The number of hydrogen-bond donors (Lipinski definition) is 2. The number of hydrogen-bond acceptors (Lipinski definition) is 2. The normalized spacial score (nSPS) is 12.0. The van der Waals surface area contributed by atoms with Crippen LogP contribution in [0, 0.1) is 6.92 Å². The van der Waals surface area contributed by atoms with Gasteiger partial charge in [0.25, 0.3) is 0 Å². The first-order valence-corrected chi connectivity index (χ1v) is 8.54. The summed E-state index contributed by atoms with van der Waals surface area (Å²) in [6.07, 6.45) is 0. The van der Waals surface area contributed by atoms with Crippen molar-refractivity contribution in [3.8, 4) is 0 Å². The van der Waals surface area contributed by atoms with Gasteiger partial charge in [0.1, 0.15) is 6.04 Å². The van der Waals surface area contributed by atoms with Crippen molar-refractivity contribution in [2.24, 2.45) is 5.73 Å². The molecule has 0 aliphatic heterocycles. The third-order valence-corrected chi connectivity index (χ3v) is 4.68. The van der Waals surface area contributed by atoms with E-state index in [4.69, 9.17) is 5.73 Å². The van der Waals surface area contributed by atoms with Crippen LogP contribution in [0.5, 0.6) is 0 Å². The van der Waals surface area contributed by atoms with Crippen LogP contribution in [0.15, 0.2) is 49.8 Å². The zero-order valence-electron chi connectivity index (χ0n) is 11.2. The first-order chi connectivity index (χ1) is 9.88. The fourth-order valence-corrected chi connectivity index (χ4v) is 4.24. The maximum absolute atomic E-state index is 12.3. The van der Waals surface area contributed by atoms with Crippen molar-refractivity contribution >= 4 is 59.4 Å². The predicted octanol–water partition coefficient (Wildman–Crippen LogP) is 4.92. The second kappa shape index (κ2) is 7.05. The minimum Gasteiger partial charge on any atom is -0.322 e. The minimum atomic E-state index is -0.715. The molecule has 0 aliphatic rings. The van der Waals surface area contributed by atoms with E-state index in [0.717, 1.165) is 24.5 Å². The van der Waals surface area contributed by atoms with E-state index < -0.39 is 6.04 Å². The molecule has 0 heterocycles. The highest BCUT2D eigenvalue weighted by molar-refractivity contribution is 9.11. The van der Waals surface area contributed by atoms with Gasteiger partial charge in [-0.2, -0.15) is 0 Å². The number of nitrogens with two attached hydrogens (primary N) is 1. The highest BCUT2D eigenvalue weighted by atomic mass is 79.9. The topological polar surface area (TPSA) is 55.1 Å². The number of amides is 1. The number of rotatable bonds is 3. The van der Waals surface area contributed by atoms with E-state index in [2.05, 4.69) is 53.1 Å². The summed E-state index contributed by atoms with van der Waals surface area (Å²) in [5.41, 5.74) is 8.58. The molecule has 0 spiro atoms. The van der Waals surface area contributed by atoms with Crippen molar-refractivity contribution in [1.29, 1.82) is 0 Å². The van der Waals surface area contributed by atoms with Crippen LogP contribution in [0.25, 0.3) is 0 Å². The molecular formula is C15H13Br3N2O.